The zero-order valence-corrected chi connectivity index (χ0v) is 11.6. The molecule has 1 aliphatic heterocycles. The number of aryl methyl sites for hydroxylation is 1. The molecule has 0 aromatic heterocycles. The zero-order valence-electron chi connectivity index (χ0n) is 10.8. The number of hydrogen-bond acceptors (Lipinski definition) is 3. The standard InChI is InChI=1S/C12H18N2O3S/c1-10-4-6-11(7-5-10)17-12-8-14(9-12)18(15,16)13(2)3/h4-7,12H,8-9H2,1-3H3. The van der Waals surface area contributed by atoms with Gasteiger partial charge in [-0.25, -0.2) is 0 Å². The van der Waals surface area contributed by atoms with Crippen LogP contribution in [-0.2, 0) is 10.2 Å². The van der Waals surface area contributed by atoms with E-state index in [9.17, 15) is 8.42 Å². The maximum Gasteiger partial charge on any atom is 0.281 e. The third kappa shape index (κ3) is 2.66. The van der Waals surface area contributed by atoms with Crippen LogP contribution >= 0.6 is 0 Å². The van der Waals surface area contributed by atoms with E-state index in [4.69, 9.17) is 4.74 Å². The minimum Gasteiger partial charge on any atom is -0.488 e. The van der Waals surface area contributed by atoms with Crippen molar-refractivity contribution in [1.82, 2.24) is 8.61 Å². The molecular weight excluding hydrogens is 252 g/mol. The predicted molar refractivity (Wildman–Crippen MR) is 69.8 cm³/mol. The quantitative estimate of drug-likeness (QED) is 0.815. The van der Waals surface area contributed by atoms with Gasteiger partial charge in [-0.15, -0.1) is 0 Å². The fraction of sp³-hybridized carbons (Fsp3) is 0.500. The normalized spacial score (nSPS) is 17.8. The highest BCUT2D eigenvalue weighted by Gasteiger charge is 2.38. The molecular formula is C12H18N2O3S. The smallest absolute Gasteiger partial charge is 0.281 e. The van der Waals surface area contributed by atoms with Gasteiger partial charge in [0, 0.05) is 14.1 Å². The van der Waals surface area contributed by atoms with Gasteiger partial charge in [0.1, 0.15) is 11.9 Å². The van der Waals surface area contributed by atoms with E-state index < -0.39 is 10.2 Å². The van der Waals surface area contributed by atoms with Gasteiger partial charge in [-0.05, 0) is 19.1 Å². The molecule has 6 heteroatoms. The lowest BCUT2D eigenvalue weighted by Gasteiger charge is -2.38. The largest absolute Gasteiger partial charge is 0.488 e. The Kier molecular flexibility index (Phi) is 3.61. The van der Waals surface area contributed by atoms with Crippen molar-refractivity contribution in [1.29, 1.82) is 0 Å². The highest BCUT2D eigenvalue weighted by Crippen LogP contribution is 2.21. The van der Waals surface area contributed by atoms with Gasteiger partial charge in [0.2, 0.25) is 0 Å². The van der Waals surface area contributed by atoms with E-state index in [2.05, 4.69) is 0 Å². The van der Waals surface area contributed by atoms with Gasteiger partial charge in [0.25, 0.3) is 10.2 Å². The lowest BCUT2D eigenvalue weighted by atomic mass is 10.2. The molecule has 2 rings (SSSR count). The Balaban J connectivity index is 1.89. The van der Waals surface area contributed by atoms with Gasteiger partial charge < -0.3 is 4.74 Å². The number of rotatable bonds is 4. The van der Waals surface area contributed by atoms with Crippen molar-refractivity contribution in [2.24, 2.45) is 0 Å². The van der Waals surface area contributed by atoms with E-state index in [1.54, 1.807) is 0 Å². The average molecular weight is 270 g/mol. The molecule has 1 aromatic carbocycles. The number of benzene rings is 1. The van der Waals surface area contributed by atoms with E-state index in [0.717, 1.165) is 5.75 Å². The highest BCUT2D eigenvalue weighted by atomic mass is 32.2. The second-order valence-electron chi connectivity index (χ2n) is 4.66. The fourth-order valence-corrected chi connectivity index (χ4v) is 2.88. The summed E-state index contributed by atoms with van der Waals surface area (Å²) >= 11 is 0. The summed E-state index contributed by atoms with van der Waals surface area (Å²) in [6.07, 6.45) is -0.0533. The van der Waals surface area contributed by atoms with Crippen LogP contribution in [0.5, 0.6) is 5.75 Å². The van der Waals surface area contributed by atoms with Crippen LogP contribution in [0.2, 0.25) is 0 Å². The zero-order chi connectivity index (χ0) is 13.3. The van der Waals surface area contributed by atoms with Gasteiger partial charge in [-0.3, -0.25) is 0 Å². The van der Waals surface area contributed by atoms with Crippen molar-refractivity contribution in [2.75, 3.05) is 27.2 Å². The summed E-state index contributed by atoms with van der Waals surface area (Å²) in [4.78, 5) is 0. The van der Waals surface area contributed by atoms with Crippen molar-refractivity contribution in [2.45, 2.75) is 13.0 Å². The maximum atomic E-state index is 11.8. The van der Waals surface area contributed by atoms with E-state index in [-0.39, 0.29) is 6.10 Å². The van der Waals surface area contributed by atoms with E-state index in [1.807, 2.05) is 31.2 Å². The minimum absolute atomic E-state index is 0.0533. The second-order valence-corrected chi connectivity index (χ2v) is 6.80. The SMILES string of the molecule is Cc1ccc(OC2CN(S(=O)(=O)N(C)C)C2)cc1. The summed E-state index contributed by atoms with van der Waals surface area (Å²) < 4.78 is 31.8. The molecule has 5 nitrogen and oxygen atoms in total. The molecule has 0 radical (unpaired) electrons. The van der Waals surface area contributed by atoms with Crippen LogP contribution in [0.4, 0.5) is 0 Å². The lowest BCUT2D eigenvalue weighted by molar-refractivity contribution is 0.0727. The number of ether oxygens (including phenoxy) is 1. The van der Waals surface area contributed by atoms with Gasteiger partial charge in [-0.2, -0.15) is 17.0 Å². The predicted octanol–water partition coefficient (Wildman–Crippen LogP) is 0.864. The van der Waals surface area contributed by atoms with E-state index >= 15 is 0 Å². The Morgan fingerprint density at radius 3 is 2.28 bits per heavy atom. The molecule has 1 fully saturated rings. The molecule has 18 heavy (non-hydrogen) atoms. The van der Waals surface area contributed by atoms with Crippen LogP contribution in [0.1, 0.15) is 5.56 Å². The number of nitrogens with zero attached hydrogens (tertiary/aromatic N) is 2. The molecule has 0 atom stereocenters. The molecule has 0 aliphatic carbocycles. The summed E-state index contributed by atoms with van der Waals surface area (Å²) in [5.41, 5.74) is 1.17. The average Bonchev–Trinajstić information content (AvgIpc) is 2.24. The Morgan fingerprint density at radius 2 is 1.78 bits per heavy atom. The Morgan fingerprint density at radius 1 is 1.22 bits per heavy atom. The second kappa shape index (κ2) is 4.87. The molecule has 0 bridgehead atoms. The molecule has 1 aromatic rings. The third-order valence-corrected chi connectivity index (χ3v) is 4.80. The Hall–Kier alpha value is -1.11. The molecule has 0 spiro atoms. The highest BCUT2D eigenvalue weighted by molar-refractivity contribution is 7.86. The fourth-order valence-electron chi connectivity index (χ4n) is 1.70. The van der Waals surface area contributed by atoms with E-state index in [0.29, 0.717) is 13.1 Å². The monoisotopic (exact) mass is 270 g/mol. The first-order chi connectivity index (χ1) is 8.39. The first-order valence-corrected chi connectivity index (χ1v) is 7.20. The van der Waals surface area contributed by atoms with Crippen molar-refractivity contribution in [3.05, 3.63) is 29.8 Å². The van der Waals surface area contributed by atoms with Gasteiger partial charge >= 0.3 is 0 Å². The molecule has 0 unspecified atom stereocenters. The lowest BCUT2D eigenvalue weighted by Crippen LogP contribution is -2.58. The summed E-state index contributed by atoms with van der Waals surface area (Å²) in [7, 11) is -0.223. The first-order valence-electron chi connectivity index (χ1n) is 5.80. The Labute approximate surface area is 108 Å². The first kappa shape index (κ1) is 13.3. The summed E-state index contributed by atoms with van der Waals surface area (Å²) in [6.45, 7) is 2.83. The third-order valence-electron chi connectivity index (χ3n) is 2.93. The number of hydrogen-bond donors (Lipinski definition) is 0. The van der Waals surface area contributed by atoms with Crippen molar-refractivity contribution in [3.63, 3.8) is 0 Å². The van der Waals surface area contributed by atoms with Crippen LogP contribution in [0.25, 0.3) is 0 Å². The molecule has 100 valence electrons. The summed E-state index contributed by atoms with van der Waals surface area (Å²) in [6, 6.07) is 7.75. The van der Waals surface area contributed by atoms with Gasteiger partial charge in [0.05, 0.1) is 13.1 Å². The molecule has 0 N–H and O–H groups in total. The van der Waals surface area contributed by atoms with Crippen LogP contribution in [0, 0.1) is 6.92 Å². The van der Waals surface area contributed by atoms with Crippen LogP contribution in [0.15, 0.2) is 24.3 Å². The van der Waals surface area contributed by atoms with Crippen molar-refractivity contribution in [3.8, 4) is 5.75 Å². The van der Waals surface area contributed by atoms with Crippen LogP contribution < -0.4 is 4.74 Å². The van der Waals surface area contributed by atoms with Crippen LogP contribution in [0.3, 0.4) is 0 Å². The molecule has 1 heterocycles. The van der Waals surface area contributed by atoms with E-state index in [1.165, 1.54) is 28.3 Å². The topological polar surface area (TPSA) is 49.9 Å². The molecule has 1 aliphatic rings. The van der Waals surface area contributed by atoms with Crippen LogP contribution in [-0.4, -0.2) is 50.3 Å². The maximum absolute atomic E-state index is 11.8. The van der Waals surface area contributed by atoms with Crippen molar-refractivity contribution < 1.29 is 13.2 Å². The summed E-state index contributed by atoms with van der Waals surface area (Å²) in [5, 5.41) is 0. The Bertz CT molecular complexity index is 505. The molecule has 0 saturated carbocycles. The molecule has 1 saturated heterocycles. The van der Waals surface area contributed by atoms with Gasteiger partial charge in [-0.1, -0.05) is 17.7 Å². The summed E-state index contributed by atoms with van der Waals surface area (Å²) in [5.74, 6) is 0.785. The minimum atomic E-state index is -3.29. The van der Waals surface area contributed by atoms with Crippen molar-refractivity contribution >= 4 is 10.2 Å². The van der Waals surface area contributed by atoms with Gasteiger partial charge in [0.15, 0.2) is 0 Å². The molecule has 0 amide bonds.